The van der Waals surface area contributed by atoms with E-state index in [1.165, 1.54) is 11.3 Å². The second-order valence-corrected chi connectivity index (χ2v) is 4.60. The molecule has 1 unspecified atom stereocenters. The molecule has 7 heteroatoms. The molecular formula is C9H12N4O2S. The zero-order valence-electron chi connectivity index (χ0n) is 8.55. The number of rotatable bonds is 2. The molecule has 1 aromatic heterocycles. The molecular weight excluding hydrogens is 228 g/mol. The molecule has 0 saturated carbocycles. The van der Waals surface area contributed by atoms with Crippen LogP contribution in [0.1, 0.15) is 16.9 Å². The molecule has 86 valence electrons. The summed E-state index contributed by atoms with van der Waals surface area (Å²) in [5.74, 6) is -0.773. The van der Waals surface area contributed by atoms with Crippen LogP contribution >= 0.6 is 11.3 Å². The van der Waals surface area contributed by atoms with E-state index in [0.717, 1.165) is 0 Å². The highest BCUT2D eigenvalue weighted by Crippen LogP contribution is 2.19. The molecule has 1 saturated heterocycles. The van der Waals surface area contributed by atoms with Crippen LogP contribution in [-0.4, -0.2) is 34.8 Å². The number of hydrogen-bond acceptors (Lipinski definition) is 5. The highest BCUT2D eigenvalue weighted by molar-refractivity contribution is 7.13. The summed E-state index contributed by atoms with van der Waals surface area (Å²) < 4.78 is 0. The number of nitrogens with zero attached hydrogens (tertiary/aromatic N) is 2. The first kappa shape index (κ1) is 10.9. The first-order valence-corrected chi connectivity index (χ1v) is 5.75. The van der Waals surface area contributed by atoms with Crippen molar-refractivity contribution in [1.82, 2.24) is 9.88 Å². The fourth-order valence-corrected chi connectivity index (χ4v) is 2.26. The molecule has 2 amide bonds. The molecule has 0 aromatic carbocycles. The molecule has 6 nitrogen and oxygen atoms in total. The molecule has 0 bridgehead atoms. The van der Waals surface area contributed by atoms with Crippen LogP contribution < -0.4 is 11.5 Å². The van der Waals surface area contributed by atoms with Crippen LogP contribution in [0.3, 0.4) is 0 Å². The van der Waals surface area contributed by atoms with Crippen molar-refractivity contribution in [1.29, 1.82) is 0 Å². The number of likely N-dealkylation sites (tertiary alicyclic amines) is 1. The lowest BCUT2D eigenvalue weighted by Crippen LogP contribution is -2.31. The first-order chi connectivity index (χ1) is 7.58. The number of amides is 2. The summed E-state index contributed by atoms with van der Waals surface area (Å²) in [6.45, 7) is 0.926. The van der Waals surface area contributed by atoms with Gasteiger partial charge in [0, 0.05) is 18.5 Å². The van der Waals surface area contributed by atoms with Crippen LogP contribution in [0, 0.1) is 5.92 Å². The zero-order chi connectivity index (χ0) is 11.7. The van der Waals surface area contributed by atoms with Gasteiger partial charge in [-0.2, -0.15) is 0 Å². The van der Waals surface area contributed by atoms with Crippen molar-refractivity contribution in [3.05, 3.63) is 11.1 Å². The Labute approximate surface area is 96.2 Å². The van der Waals surface area contributed by atoms with Crippen molar-refractivity contribution in [2.24, 2.45) is 11.7 Å². The van der Waals surface area contributed by atoms with E-state index < -0.39 is 0 Å². The highest BCUT2D eigenvalue weighted by Gasteiger charge is 2.30. The molecule has 16 heavy (non-hydrogen) atoms. The average molecular weight is 240 g/mol. The van der Waals surface area contributed by atoms with Gasteiger partial charge < -0.3 is 16.4 Å². The SMILES string of the molecule is NC(=O)C1CCN(C(=O)c2csc(N)n2)C1. The molecule has 1 fully saturated rings. The fraction of sp³-hybridized carbons (Fsp3) is 0.444. The second-order valence-electron chi connectivity index (χ2n) is 3.71. The third kappa shape index (κ3) is 1.99. The molecule has 0 spiro atoms. The summed E-state index contributed by atoms with van der Waals surface area (Å²) in [6.07, 6.45) is 0.626. The molecule has 2 heterocycles. The minimum absolute atomic E-state index is 0.184. The van der Waals surface area contributed by atoms with Gasteiger partial charge in [-0.05, 0) is 6.42 Å². The third-order valence-corrected chi connectivity index (χ3v) is 3.29. The van der Waals surface area contributed by atoms with Crippen LogP contribution in [0.4, 0.5) is 5.13 Å². The van der Waals surface area contributed by atoms with E-state index in [-0.39, 0.29) is 17.7 Å². The number of thiazole rings is 1. The maximum Gasteiger partial charge on any atom is 0.273 e. The Morgan fingerprint density at radius 2 is 2.31 bits per heavy atom. The van der Waals surface area contributed by atoms with Crippen molar-refractivity contribution in [2.75, 3.05) is 18.8 Å². The van der Waals surface area contributed by atoms with Crippen LogP contribution in [0.2, 0.25) is 0 Å². The Kier molecular flexibility index (Phi) is 2.78. The van der Waals surface area contributed by atoms with Gasteiger partial charge in [0.15, 0.2) is 5.13 Å². The highest BCUT2D eigenvalue weighted by atomic mass is 32.1. The Balaban J connectivity index is 2.05. The van der Waals surface area contributed by atoms with E-state index >= 15 is 0 Å². The number of hydrogen-bond donors (Lipinski definition) is 2. The van der Waals surface area contributed by atoms with E-state index in [2.05, 4.69) is 4.98 Å². The van der Waals surface area contributed by atoms with Gasteiger partial charge in [0.2, 0.25) is 5.91 Å². The van der Waals surface area contributed by atoms with Gasteiger partial charge in [0.1, 0.15) is 5.69 Å². The van der Waals surface area contributed by atoms with E-state index in [1.54, 1.807) is 10.3 Å². The minimum atomic E-state index is -0.354. The Morgan fingerprint density at radius 1 is 1.56 bits per heavy atom. The van der Waals surface area contributed by atoms with Gasteiger partial charge in [-0.15, -0.1) is 11.3 Å². The molecule has 0 aliphatic carbocycles. The van der Waals surface area contributed by atoms with Gasteiger partial charge in [-0.25, -0.2) is 4.98 Å². The van der Waals surface area contributed by atoms with E-state index in [0.29, 0.717) is 30.3 Å². The number of aromatic nitrogens is 1. The summed E-state index contributed by atoms with van der Waals surface area (Å²) in [5.41, 5.74) is 11.0. The van der Waals surface area contributed by atoms with Crippen molar-refractivity contribution >= 4 is 28.3 Å². The predicted octanol–water partition coefficient (Wildman–Crippen LogP) is -0.327. The summed E-state index contributed by atoms with van der Waals surface area (Å²) in [5, 5.41) is 1.99. The van der Waals surface area contributed by atoms with Crippen LogP contribution in [0.25, 0.3) is 0 Å². The molecule has 2 rings (SSSR count). The third-order valence-electron chi connectivity index (χ3n) is 2.62. The molecule has 1 aliphatic rings. The normalized spacial score (nSPS) is 20.0. The number of primary amides is 1. The number of nitrogen functional groups attached to an aromatic ring is 1. The van der Waals surface area contributed by atoms with Crippen LogP contribution in [-0.2, 0) is 4.79 Å². The standard InChI is InChI=1S/C9H12N4O2S/c10-7(14)5-1-2-13(3-5)8(15)6-4-16-9(11)12-6/h4-5H,1-3H2,(H2,10,14)(H2,11,12). The molecule has 0 radical (unpaired) electrons. The average Bonchev–Trinajstić information content (AvgIpc) is 2.84. The minimum Gasteiger partial charge on any atom is -0.375 e. The van der Waals surface area contributed by atoms with Crippen molar-refractivity contribution in [3.63, 3.8) is 0 Å². The van der Waals surface area contributed by atoms with Gasteiger partial charge in [0.05, 0.1) is 5.92 Å². The second kappa shape index (κ2) is 4.09. The summed E-state index contributed by atoms with van der Waals surface area (Å²) >= 11 is 1.23. The predicted molar refractivity (Wildman–Crippen MR) is 59.7 cm³/mol. The quantitative estimate of drug-likeness (QED) is 0.739. The number of nitrogens with two attached hydrogens (primary N) is 2. The maximum absolute atomic E-state index is 11.9. The van der Waals surface area contributed by atoms with Crippen LogP contribution in [0.5, 0.6) is 0 Å². The van der Waals surface area contributed by atoms with Gasteiger partial charge in [-0.3, -0.25) is 9.59 Å². The smallest absolute Gasteiger partial charge is 0.273 e. The molecule has 1 aliphatic heterocycles. The van der Waals surface area contributed by atoms with E-state index in [4.69, 9.17) is 11.5 Å². The van der Waals surface area contributed by atoms with E-state index in [9.17, 15) is 9.59 Å². The Bertz CT molecular complexity index is 431. The first-order valence-electron chi connectivity index (χ1n) is 4.87. The monoisotopic (exact) mass is 240 g/mol. The Hall–Kier alpha value is -1.63. The van der Waals surface area contributed by atoms with Crippen LogP contribution in [0.15, 0.2) is 5.38 Å². The largest absolute Gasteiger partial charge is 0.375 e. The lowest BCUT2D eigenvalue weighted by molar-refractivity contribution is -0.121. The van der Waals surface area contributed by atoms with Crippen molar-refractivity contribution < 1.29 is 9.59 Å². The van der Waals surface area contributed by atoms with Crippen molar-refractivity contribution in [3.8, 4) is 0 Å². The van der Waals surface area contributed by atoms with Gasteiger partial charge in [-0.1, -0.05) is 0 Å². The number of anilines is 1. The summed E-state index contributed by atoms with van der Waals surface area (Å²) in [6, 6.07) is 0. The van der Waals surface area contributed by atoms with Gasteiger partial charge >= 0.3 is 0 Å². The zero-order valence-corrected chi connectivity index (χ0v) is 9.37. The number of carbonyl (C=O) groups is 2. The molecule has 1 aromatic rings. The summed E-state index contributed by atoms with van der Waals surface area (Å²) in [4.78, 5) is 28.4. The van der Waals surface area contributed by atoms with Gasteiger partial charge in [0.25, 0.3) is 5.91 Å². The lowest BCUT2D eigenvalue weighted by Gasteiger charge is -2.13. The topological polar surface area (TPSA) is 102 Å². The Morgan fingerprint density at radius 3 is 2.81 bits per heavy atom. The fourth-order valence-electron chi connectivity index (χ4n) is 1.72. The number of carbonyl (C=O) groups excluding carboxylic acids is 2. The molecule has 1 atom stereocenters. The lowest BCUT2D eigenvalue weighted by atomic mass is 10.1. The van der Waals surface area contributed by atoms with E-state index in [1.807, 2.05) is 0 Å². The van der Waals surface area contributed by atoms with Crippen molar-refractivity contribution in [2.45, 2.75) is 6.42 Å². The molecule has 4 N–H and O–H groups in total. The maximum atomic E-state index is 11.9. The summed E-state index contributed by atoms with van der Waals surface area (Å²) in [7, 11) is 0.